The van der Waals surface area contributed by atoms with Crippen molar-refractivity contribution in [3.63, 3.8) is 0 Å². The molecule has 2 aliphatic rings. The maximum atomic E-state index is 13.3. The van der Waals surface area contributed by atoms with Crippen LogP contribution < -0.4 is 0 Å². The number of hydrogen-bond donors (Lipinski definition) is 2. The van der Waals surface area contributed by atoms with Crippen LogP contribution in [0.15, 0.2) is 0 Å². The summed E-state index contributed by atoms with van der Waals surface area (Å²) in [5.41, 5.74) is -4.40. The summed E-state index contributed by atoms with van der Waals surface area (Å²) in [5, 5.41) is 18.9. The van der Waals surface area contributed by atoms with Gasteiger partial charge in [-0.15, -0.1) is 0 Å². The summed E-state index contributed by atoms with van der Waals surface area (Å²) < 4.78 is 10.3. The molecule has 12 heteroatoms. The van der Waals surface area contributed by atoms with E-state index in [1.807, 2.05) is 0 Å². The third-order valence-electron chi connectivity index (χ3n) is 4.80. The number of imide groups is 4. The number of aliphatic carboxylic acids is 2. The number of nitrogens with zero attached hydrogens (tertiary/aromatic N) is 2. The molecule has 12 nitrogen and oxygen atoms in total. The van der Waals surface area contributed by atoms with Crippen LogP contribution in [0, 0.1) is 11.8 Å². The smallest absolute Gasteiger partial charge is 0.425 e. The minimum absolute atomic E-state index is 0.0955. The van der Waals surface area contributed by atoms with E-state index in [1.54, 1.807) is 0 Å². The fourth-order valence-corrected chi connectivity index (χ4v) is 3.67. The lowest BCUT2D eigenvalue weighted by atomic mass is 9.94. The number of urea groups is 1. The molecule has 2 rings (SSSR count). The van der Waals surface area contributed by atoms with Gasteiger partial charge >= 0.3 is 30.2 Å². The summed E-state index contributed by atoms with van der Waals surface area (Å²) in [6.45, 7) is 8.98. The lowest BCUT2D eigenvalue weighted by Gasteiger charge is -2.31. The number of carbonyl (C=O) groups is 6. The Morgan fingerprint density at radius 1 is 0.839 bits per heavy atom. The second-order valence-corrected chi connectivity index (χ2v) is 9.55. The van der Waals surface area contributed by atoms with E-state index in [0.29, 0.717) is 4.90 Å². The van der Waals surface area contributed by atoms with Crippen molar-refractivity contribution >= 4 is 36.1 Å². The highest BCUT2D eigenvalue weighted by molar-refractivity contribution is 6.21. The molecule has 0 bridgehead atoms. The van der Waals surface area contributed by atoms with Gasteiger partial charge in [0.2, 0.25) is 0 Å². The predicted octanol–water partition coefficient (Wildman–Crippen LogP) is 2.05. The molecule has 172 valence electrons. The Bertz CT molecular complexity index is 829. The van der Waals surface area contributed by atoms with Crippen LogP contribution in [0.1, 0.15) is 54.4 Å². The van der Waals surface area contributed by atoms with Crippen LogP contribution in [0.2, 0.25) is 0 Å². The quantitative estimate of drug-likeness (QED) is 0.604. The Morgan fingerprint density at radius 2 is 1.23 bits per heavy atom. The van der Waals surface area contributed by atoms with Crippen molar-refractivity contribution in [2.24, 2.45) is 11.8 Å². The lowest BCUT2D eigenvalue weighted by molar-refractivity contribution is -0.152. The Labute approximate surface area is 178 Å². The molecule has 1 unspecified atom stereocenters. The van der Waals surface area contributed by atoms with Crippen molar-refractivity contribution in [2.75, 3.05) is 0 Å². The molecule has 1 saturated carbocycles. The highest BCUT2D eigenvalue weighted by Gasteiger charge is 2.69. The minimum Gasteiger partial charge on any atom is -0.481 e. The van der Waals surface area contributed by atoms with Gasteiger partial charge in [0.25, 0.3) is 5.91 Å². The molecule has 2 fully saturated rings. The molecular weight excluding hydrogens is 416 g/mol. The normalized spacial score (nSPS) is 26.4. The van der Waals surface area contributed by atoms with Crippen molar-refractivity contribution in [3.05, 3.63) is 0 Å². The SMILES string of the molecule is CC(C)(C)OC(=O)N1C(=O)N(C(=O)OC(C)(C)C)C2(C[C@H](C(=O)O)[C@H](C(=O)O)C2)C1=O. The van der Waals surface area contributed by atoms with E-state index < -0.39 is 77.5 Å². The highest BCUT2D eigenvalue weighted by atomic mass is 16.6. The van der Waals surface area contributed by atoms with Gasteiger partial charge in [-0.1, -0.05) is 0 Å². The first-order valence-electron chi connectivity index (χ1n) is 9.51. The molecule has 0 aromatic rings. The first kappa shape index (κ1) is 24.1. The monoisotopic (exact) mass is 442 g/mol. The van der Waals surface area contributed by atoms with Gasteiger partial charge in [0.1, 0.15) is 16.7 Å². The van der Waals surface area contributed by atoms with Gasteiger partial charge in [0.15, 0.2) is 0 Å². The first-order valence-corrected chi connectivity index (χ1v) is 9.51. The van der Waals surface area contributed by atoms with E-state index in [9.17, 15) is 39.0 Å². The molecule has 1 spiro atoms. The van der Waals surface area contributed by atoms with Crippen LogP contribution in [-0.4, -0.2) is 72.8 Å². The second kappa shape index (κ2) is 7.50. The molecule has 31 heavy (non-hydrogen) atoms. The van der Waals surface area contributed by atoms with E-state index in [-0.39, 0.29) is 4.90 Å². The molecule has 1 saturated heterocycles. The maximum Gasteiger partial charge on any atom is 0.425 e. The average Bonchev–Trinajstić information content (AvgIpc) is 3.02. The van der Waals surface area contributed by atoms with Gasteiger partial charge in [0, 0.05) is 0 Å². The Kier molecular flexibility index (Phi) is 5.83. The van der Waals surface area contributed by atoms with Gasteiger partial charge < -0.3 is 19.7 Å². The fourth-order valence-electron chi connectivity index (χ4n) is 3.67. The van der Waals surface area contributed by atoms with E-state index in [2.05, 4.69) is 0 Å². The summed E-state index contributed by atoms with van der Waals surface area (Å²) in [4.78, 5) is 75.4. The Morgan fingerprint density at radius 3 is 1.58 bits per heavy atom. The third-order valence-corrected chi connectivity index (χ3v) is 4.80. The number of rotatable bonds is 2. The van der Waals surface area contributed by atoms with Crippen molar-refractivity contribution in [2.45, 2.75) is 71.1 Å². The number of carboxylic acids is 2. The maximum absolute atomic E-state index is 13.3. The van der Waals surface area contributed by atoms with Gasteiger partial charge in [0.05, 0.1) is 11.8 Å². The molecule has 5 amide bonds. The van der Waals surface area contributed by atoms with Crippen LogP contribution in [0.3, 0.4) is 0 Å². The van der Waals surface area contributed by atoms with Crippen molar-refractivity contribution in [1.82, 2.24) is 9.80 Å². The van der Waals surface area contributed by atoms with Crippen LogP contribution >= 0.6 is 0 Å². The predicted molar refractivity (Wildman–Crippen MR) is 101 cm³/mol. The van der Waals surface area contributed by atoms with E-state index >= 15 is 0 Å². The van der Waals surface area contributed by atoms with Crippen LogP contribution in [0.25, 0.3) is 0 Å². The number of carboxylic acid groups (broad SMARTS) is 2. The number of carbonyl (C=O) groups excluding carboxylic acids is 4. The Hall–Kier alpha value is -3.18. The number of hydrogen-bond acceptors (Lipinski definition) is 8. The molecule has 1 aliphatic carbocycles. The zero-order chi connectivity index (χ0) is 24.1. The van der Waals surface area contributed by atoms with Gasteiger partial charge in [-0.05, 0) is 54.4 Å². The molecule has 3 atom stereocenters. The topological polar surface area (TPSA) is 168 Å². The molecule has 1 heterocycles. The highest BCUT2D eigenvalue weighted by Crippen LogP contribution is 2.48. The van der Waals surface area contributed by atoms with E-state index in [4.69, 9.17) is 9.47 Å². The van der Waals surface area contributed by atoms with Gasteiger partial charge in [-0.2, -0.15) is 4.90 Å². The van der Waals surface area contributed by atoms with Crippen LogP contribution in [0.5, 0.6) is 0 Å². The lowest BCUT2D eigenvalue weighted by Crippen LogP contribution is -2.52. The summed E-state index contributed by atoms with van der Waals surface area (Å²) in [5.74, 6) is -7.39. The summed E-state index contributed by atoms with van der Waals surface area (Å²) in [7, 11) is 0. The fraction of sp³-hybridized carbons (Fsp3) is 0.684. The largest absolute Gasteiger partial charge is 0.481 e. The second-order valence-electron chi connectivity index (χ2n) is 9.55. The Balaban J connectivity index is 2.59. The van der Waals surface area contributed by atoms with Gasteiger partial charge in [-0.3, -0.25) is 14.4 Å². The molecule has 2 N–H and O–H groups in total. The number of amides is 5. The zero-order valence-electron chi connectivity index (χ0n) is 18.1. The zero-order valence-corrected chi connectivity index (χ0v) is 18.1. The van der Waals surface area contributed by atoms with Crippen LogP contribution in [0.4, 0.5) is 14.4 Å². The van der Waals surface area contributed by atoms with Crippen molar-refractivity contribution in [1.29, 1.82) is 0 Å². The van der Waals surface area contributed by atoms with Crippen molar-refractivity contribution < 1.29 is 48.5 Å². The number of ether oxygens (including phenoxy) is 2. The standard InChI is InChI=1S/C19H26N2O10/c1-17(2,3)30-15(28)20-13(26)19(7-9(11(22)23)10(8-19)12(24)25)21(14(20)27)16(29)31-18(4,5)6/h9-10H,7-8H2,1-6H3,(H,22,23)(H,24,25)/t9-,10+,19?. The minimum atomic E-state index is -2.21. The molecular formula is C19H26N2O10. The molecule has 0 radical (unpaired) electrons. The molecule has 0 aromatic heterocycles. The molecule has 1 aliphatic heterocycles. The molecule has 0 aromatic carbocycles. The average molecular weight is 442 g/mol. The van der Waals surface area contributed by atoms with Crippen LogP contribution in [-0.2, 0) is 23.9 Å². The third kappa shape index (κ3) is 4.47. The van der Waals surface area contributed by atoms with Gasteiger partial charge in [-0.25, -0.2) is 19.3 Å². The van der Waals surface area contributed by atoms with Crippen molar-refractivity contribution in [3.8, 4) is 0 Å². The van der Waals surface area contributed by atoms with E-state index in [1.165, 1.54) is 41.5 Å². The summed E-state index contributed by atoms with van der Waals surface area (Å²) in [6, 6.07) is -1.39. The van der Waals surface area contributed by atoms with E-state index in [0.717, 1.165) is 0 Å². The first-order chi connectivity index (χ1) is 13.9. The summed E-state index contributed by atoms with van der Waals surface area (Å²) >= 11 is 0. The summed E-state index contributed by atoms with van der Waals surface area (Å²) in [6.07, 6.45) is -4.02.